The molecule has 1 fully saturated rings. The molecule has 6 heteroatoms. The van der Waals surface area contributed by atoms with Gasteiger partial charge < -0.3 is 9.80 Å². The summed E-state index contributed by atoms with van der Waals surface area (Å²) in [7, 11) is 0. The van der Waals surface area contributed by atoms with Crippen molar-refractivity contribution in [2.45, 2.75) is 26.7 Å². The van der Waals surface area contributed by atoms with Crippen LogP contribution in [0.15, 0.2) is 54.6 Å². The Bertz CT molecular complexity index is 1050. The van der Waals surface area contributed by atoms with Crippen molar-refractivity contribution in [1.29, 1.82) is 0 Å². The molecule has 1 aliphatic rings. The fourth-order valence-corrected chi connectivity index (χ4v) is 4.13. The number of aryl methyl sites for hydroxylation is 1. The summed E-state index contributed by atoms with van der Waals surface area (Å²) in [6.07, 6.45) is 1.57. The number of carbonyl (C=O) groups excluding carboxylic acids is 1. The number of halogens is 1. The van der Waals surface area contributed by atoms with E-state index < -0.39 is 0 Å². The first-order valence-electron chi connectivity index (χ1n) is 10.7. The predicted molar refractivity (Wildman–Crippen MR) is 126 cm³/mol. The highest BCUT2D eigenvalue weighted by Crippen LogP contribution is 2.29. The van der Waals surface area contributed by atoms with E-state index >= 15 is 0 Å². The highest BCUT2D eigenvalue weighted by molar-refractivity contribution is 6.30. The molecule has 0 saturated carbocycles. The van der Waals surface area contributed by atoms with E-state index in [0.29, 0.717) is 13.1 Å². The molecule has 0 aliphatic carbocycles. The van der Waals surface area contributed by atoms with E-state index in [9.17, 15) is 4.79 Å². The Kier molecular flexibility index (Phi) is 6.52. The van der Waals surface area contributed by atoms with Crippen LogP contribution in [0.2, 0.25) is 5.02 Å². The zero-order valence-electron chi connectivity index (χ0n) is 18.0. The van der Waals surface area contributed by atoms with Gasteiger partial charge in [0.2, 0.25) is 5.91 Å². The van der Waals surface area contributed by atoms with Gasteiger partial charge in [0.15, 0.2) is 5.82 Å². The lowest BCUT2D eigenvalue weighted by Gasteiger charge is -2.36. The topological polar surface area (TPSA) is 49.3 Å². The smallest absolute Gasteiger partial charge is 0.219 e. The summed E-state index contributed by atoms with van der Waals surface area (Å²) in [5.74, 6) is 1.85. The van der Waals surface area contributed by atoms with Gasteiger partial charge >= 0.3 is 0 Å². The highest BCUT2D eigenvalue weighted by atomic mass is 35.5. The zero-order chi connectivity index (χ0) is 21.8. The number of carbonyl (C=O) groups is 1. The third-order valence-corrected chi connectivity index (χ3v) is 6.01. The Morgan fingerprint density at radius 1 is 0.968 bits per heavy atom. The second-order valence-electron chi connectivity index (χ2n) is 7.81. The molecule has 1 saturated heterocycles. The molecule has 3 aromatic rings. The van der Waals surface area contributed by atoms with Gasteiger partial charge in [-0.05, 0) is 24.1 Å². The number of rotatable bonds is 5. The summed E-state index contributed by atoms with van der Waals surface area (Å²) in [5, 5.41) is 0.732. The van der Waals surface area contributed by atoms with Gasteiger partial charge in [-0.3, -0.25) is 4.79 Å². The van der Waals surface area contributed by atoms with Gasteiger partial charge in [0, 0.05) is 61.4 Å². The fourth-order valence-electron chi connectivity index (χ4n) is 4.01. The second-order valence-corrected chi connectivity index (χ2v) is 8.25. The van der Waals surface area contributed by atoms with Crippen molar-refractivity contribution in [1.82, 2.24) is 14.9 Å². The second kappa shape index (κ2) is 9.48. The van der Waals surface area contributed by atoms with Crippen molar-refractivity contribution in [2.75, 3.05) is 31.1 Å². The minimum absolute atomic E-state index is 0.128. The number of benzene rings is 2. The van der Waals surface area contributed by atoms with Crippen LogP contribution < -0.4 is 4.90 Å². The Morgan fingerprint density at radius 3 is 2.26 bits per heavy atom. The van der Waals surface area contributed by atoms with E-state index in [-0.39, 0.29) is 5.91 Å². The summed E-state index contributed by atoms with van der Waals surface area (Å²) < 4.78 is 0. The Labute approximate surface area is 188 Å². The quantitative estimate of drug-likeness (QED) is 0.588. The largest absolute Gasteiger partial charge is 0.353 e. The van der Waals surface area contributed by atoms with Crippen LogP contribution >= 0.6 is 11.6 Å². The average molecular weight is 435 g/mol. The molecule has 0 unspecified atom stereocenters. The number of anilines is 1. The molecule has 1 aromatic heterocycles. The number of hydrogen-bond acceptors (Lipinski definition) is 4. The van der Waals surface area contributed by atoms with Crippen LogP contribution in [-0.4, -0.2) is 47.0 Å². The summed E-state index contributed by atoms with van der Waals surface area (Å²) in [6.45, 7) is 6.72. The van der Waals surface area contributed by atoms with Gasteiger partial charge in [-0.15, -0.1) is 0 Å². The van der Waals surface area contributed by atoms with E-state index in [1.165, 1.54) is 5.56 Å². The predicted octanol–water partition coefficient (Wildman–Crippen LogP) is 4.62. The first kappa shape index (κ1) is 21.3. The van der Waals surface area contributed by atoms with Gasteiger partial charge in [-0.1, -0.05) is 61.0 Å². The van der Waals surface area contributed by atoms with Crippen LogP contribution in [0.5, 0.6) is 0 Å². The SMILES string of the molecule is CCc1nc(-c2ccccc2)nc(N2CCN(C(C)=O)CC2)c1Cc1ccc(Cl)cc1. The van der Waals surface area contributed by atoms with E-state index in [0.717, 1.165) is 59.4 Å². The zero-order valence-corrected chi connectivity index (χ0v) is 18.8. The van der Waals surface area contributed by atoms with Crippen molar-refractivity contribution >= 4 is 23.3 Å². The van der Waals surface area contributed by atoms with Crippen LogP contribution in [0.4, 0.5) is 5.82 Å². The van der Waals surface area contributed by atoms with Crippen molar-refractivity contribution in [3.63, 3.8) is 0 Å². The molecule has 0 bridgehead atoms. The Morgan fingerprint density at radius 2 is 1.65 bits per heavy atom. The summed E-state index contributed by atoms with van der Waals surface area (Å²) in [4.78, 5) is 26.0. The molecule has 0 spiro atoms. The summed E-state index contributed by atoms with van der Waals surface area (Å²) >= 11 is 6.09. The van der Waals surface area contributed by atoms with E-state index in [1.54, 1.807) is 6.92 Å². The molecule has 0 atom stereocenters. The minimum Gasteiger partial charge on any atom is -0.353 e. The van der Waals surface area contributed by atoms with Gasteiger partial charge in [0.25, 0.3) is 0 Å². The lowest BCUT2D eigenvalue weighted by Crippen LogP contribution is -2.48. The lowest BCUT2D eigenvalue weighted by atomic mass is 10.0. The highest BCUT2D eigenvalue weighted by Gasteiger charge is 2.24. The van der Waals surface area contributed by atoms with E-state index in [4.69, 9.17) is 21.6 Å². The van der Waals surface area contributed by atoms with E-state index in [2.05, 4.69) is 24.0 Å². The molecule has 2 aromatic carbocycles. The molecule has 160 valence electrons. The molecule has 1 amide bonds. The van der Waals surface area contributed by atoms with Gasteiger partial charge in [-0.25, -0.2) is 9.97 Å². The van der Waals surface area contributed by atoms with Crippen LogP contribution in [0.25, 0.3) is 11.4 Å². The molecule has 4 rings (SSSR count). The Balaban J connectivity index is 1.76. The maximum atomic E-state index is 11.8. The third-order valence-electron chi connectivity index (χ3n) is 5.76. The minimum atomic E-state index is 0.128. The number of amides is 1. The molecule has 5 nitrogen and oxygen atoms in total. The van der Waals surface area contributed by atoms with Crippen molar-refractivity contribution in [2.24, 2.45) is 0 Å². The van der Waals surface area contributed by atoms with Crippen LogP contribution in [-0.2, 0) is 17.6 Å². The normalized spacial score (nSPS) is 14.0. The molecule has 0 radical (unpaired) electrons. The fraction of sp³-hybridized carbons (Fsp3) is 0.320. The monoisotopic (exact) mass is 434 g/mol. The maximum absolute atomic E-state index is 11.8. The summed E-state index contributed by atoms with van der Waals surface area (Å²) in [6, 6.07) is 18.1. The third kappa shape index (κ3) is 4.88. The van der Waals surface area contributed by atoms with Crippen LogP contribution in [0, 0.1) is 0 Å². The molecule has 1 aliphatic heterocycles. The average Bonchev–Trinajstić information content (AvgIpc) is 2.81. The molecule has 0 N–H and O–H groups in total. The summed E-state index contributed by atoms with van der Waals surface area (Å²) in [5.41, 5.74) is 4.41. The number of hydrogen-bond donors (Lipinski definition) is 0. The van der Waals surface area contributed by atoms with Crippen molar-refractivity contribution < 1.29 is 4.79 Å². The standard InChI is InChI=1S/C25H27ClN4O/c1-3-23-22(17-19-9-11-21(26)12-10-19)25(30-15-13-29(14-16-30)18(2)31)28-24(27-23)20-7-5-4-6-8-20/h4-12H,3,13-17H2,1-2H3. The number of piperazine rings is 1. The number of aromatic nitrogens is 2. The van der Waals surface area contributed by atoms with Crippen molar-refractivity contribution in [3.05, 3.63) is 76.4 Å². The van der Waals surface area contributed by atoms with Crippen LogP contribution in [0.3, 0.4) is 0 Å². The Hall–Kier alpha value is -2.92. The first-order chi connectivity index (χ1) is 15.0. The van der Waals surface area contributed by atoms with E-state index in [1.807, 2.05) is 47.4 Å². The molecular formula is C25H27ClN4O. The lowest BCUT2D eigenvalue weighted by molar-refractivity contribution is -0.129. The molecule has 31 heavy (non-hydrogen) atoms. The van der Waals surface area contributed by atoms with Crippen LogP contribution in [0.1, 0.15) is 30.7 Å². The first-order valence-corrected chi connectivity index (χ1v) is 11.1. The van der Waals surface area contributed by atoms with Gasteiger partial charge in [0.1, 0.15) is 5.82 Å². The maximum Gasteiger partial charge on any atom is 0.219 e. The van der Waals surface area contributed by atoms with Crippen molar-refractivity contribution in [3.8, 4) is 11.4 Å². The molecule has 2 heterocycles. The molecular weight excluding hydrogens is 408 g/mol. The number of nitrogens with zero attached hydrogens (tertiary/aromatic N) is 4. The van der Waals surface area contributed by atoms with Gasteiger partial charge in [0.05, 0.1) is 0 Å². The van der Waals surface area contributed by atoms with Gasteiger partial charge in [-0.2, -0.15) is 0 Å².